The van der Waals surface area contributed by atoms with Crippen LogP contribution in [0.25, 0.3) is 27.7 Å². The predicted octanol–water partition coefficient (Wildman–Crippen LogP) is 7.30. The summed E-state index contributed by atoms with van der Waals surface area (Å²) in [5.74, 6) is 0.130. The molecule has 0 spiro atoms. The molecule has 0 aliphatic heterocycles. The van der Waals surface area contributed by atoms with E-state index in [0.717, 1.165) is 44.5 Å². The summed E-state index contributed by atoms with van der Waals surface area (Å²) in [6.07, 6.45) is 3.23. The van der Waals surface area contributed by atoms with Gasteiger partial charge in [-0.1, -0.05) is 29.8 Å². The van der Waals surface area contributed by atoms with Gasteiger partial charge < -0.3 is 14.5 Å². The Bertz CT molecular complexity index is 1350. The van der Waals surface area contributed by atoms with Gasteiger partial charge in [-0.2, -0.15) is 0 Å². The van der Waals surface area contributed by atoms with Gasteiger partial charge in [0.25, 0.3) is 0 Å². The Labute approximate surface area is 192 Å². The Balaban J connectivity index is 1.72. The maximum atomic E-state index is 13.4. The zero-order valence-electron chi connectivity index (χ0n) is 19.2. The Morgan fingerprint density at radius 1 is 1.09 bits per heavy atom. The Morgan fingerprint density at radius 2 is 1.85 bits per heavy atom. The zero-order chi connectivity index (χ0) is 23.5. The van der Waals surface area contributed by atoms with Crippen molar-refractivity contribution < 1.29 is 18.3 Å². The van der Waals surface area contributed by atoms with E-state index in [2.05, 4.69) is 5.32 Å². The van der Waals surface area contributed by atoms with Gasteiger partial charge in [-0.05, 0) is 68.7 Å². The molecule has 0 saturated heterocycles. The smallest absolute Gasteiger partial charge is 0.248 e. The molecule has 0 saturated carbocycles. The highest BCUT2D eigenvalue weighted by molar-refractivity contribution is 6.05. The largest absolute Gasteiger partial charge is 0.493 e. The molecule has 0 unspecified atom stereocenters. The lowest BCUT2D eigenvalue weighted by atomic mass is 9.99. The number of aryl methyl sites for hydroxylation is 2. The fraction of sp³-hybridized carbons (Fsp3) is 0.179. The van der Waals surface area contributed by atoms with Gasteiger partial charge in [0.05, 0.1) is 12.9 Å². The molecule has 4 rings (SSSR count). The van der Waals surface area contributed by atoms with Crippen LogP contribution in [0.3, 0.4) is 0 Å². The first-order chi connectivity index (χ1) is 15.9. The Hall–Kier alpha value is -3.86. The van der Waals surface area contributed by atoms with E-state index in [4.69, 9.17) is 9.15 Å². The van der Waals surface area contributed by atoms with Gasteiger partial charge in [-0.15, -0.1) is 0 Å². The molecule has 0 atom stereocenters. The van der Waals surface area contributed by atoms with E-state index >= 15 is 0 Å². The van der Waals surface area contributed by atoms with Crippen LogP contribution in [-0.2, 0) is 4.79 Å². The van der Waals surface area contributed by atoms with E-state index in [1.165, 1.54) is 12.1 Å². The van der Waals surface area contributed by atoms with Crippen LogP contribution in [0.1, 0.15) is 30.5 Å². The van der Waals surface area contributed by atoms with Crippen LogP contribution >= 0.6 is 0 Å². The summed E-state index contributed by atoms with van der Waals surface area (Å²) in [4.78, 5) is 12.8. The molecular formula is C28H26FNO3. The topological polar surface area (TPSA) is 51.5 Å². The van der Waals surface area contributed by atoms with Crippen LogP contribution in [-0.4, -0.2) is 12.5 Å². The van der Waals surface area contributed by atoms with Crippen molar-refractivity contribution in [2.45, 2.75) is 27.7 Å². The lowest BCUT2D eigenvalue weighted by Crippen LogP contribution is -2.10. The van der Waals surface area contributed by atoms with Crippen LogP contribution in [0.15, 0.2) is 71.4 Å². The monoisotopic (exact) mass is 443 g/mol. The second-order valence-electron chi connectivity index (χ2n) is 8.07. The van der Waals surface area contributed by atoms with Crippen molar-refractivity contribution in [2.24, 2.45) is 0 Å². The van der Waals surface area contributed by atoms with E-state index in [0.29, 0.717) is 17.9 Å². The molecule has 5 heteroatoms. The van der Waals surface area contributed by atoms with Gasteiger partial charge in [0, 0.05) is 34.3 Å². The van der Waals surface area contributed by atoms with Gasteiger partial charge in [-0.3, -0.25) is 4.79 Å². The molecule has 1 amide bonds. The average molecular weight is 444 g/mol. The lowest BCUT2D eigenvalue weighted by molar-refractivity contribution is -0.111. The Morgan fingerprint density at radius 3 is 2.55 bits per heavy atom. The van der Waals surface area contributed by atoms with Crippen molar-refractivity contribution in [3.63, 3.8) is 0 Å². The third kappa shape index (κ3) is 4.82. The second-order valence-corrected chi connectivity index (χ2v) is 8.07. The highest BCUT2D eigenvalue weighted by Crippen LogP contribution is 2.37. The second kappa shape index (κ2) is 9.33. The number of amides is 1. The van der Waals surface area contributed by atoms with Gasteiger partial charge in [0.2, 0.25) is 5.91 Å². The van der Waals surface area contributed by atoms with Crippen molar-refractivity contribution in [3.8, 4) is 16.9 Å². The number of allylic oxidation sites excluding steroid dienone is 1. The minimum Gasteiger partial charge on any atom is -0.493 e. The fourth-order valence-electron chi connectivity index (χ4n) is 3.89. The molecule has 0 aliphatic carbocycles. The molecule has 4 nitrogen and oxygen atoms in total. The SMILES string of the molecule is CCOc1cc2occ(-c3ccc(F)cc3)c2cc1/C(C)=C/C(=O)Nc1ccc(C)cc1C. The number of halogens is 1. The molecule has 1 aromatic heterocycles. The molecular weight excluding hydrogens is 417 g/mol. The van der Waals surface area contributed by atoms with Crippen molar-refractivity contribution in [2.75, 3.05) is 11.9 Å². The van der Waals surface area contributed by atoms with Gasteiger partial charge in [0.1, 0.15) is 17.1 Å². The summed E-state index contributed by atoms with van der Waals surface area (Å²) >= 11 is 0. The van der Waals surface area contributed by atoms with Gasteiger partial charge >= 0.3 is 0 Å². The minimum atomic E-state index is -0.292. The summed E-state index contributed by atoms with van der Waals surface area (Å²) in [7, 11) is 0. The van der Waals surface area contributed by atoms with Crippen LogP contribution in [0.5, 0.6) is 5.75 Å². The summed E-state index contributed by atoms with van der Waals surface area (Å²) in [5, 5.41) is 3.82. The molecule has 3 aromatic carbocycles. The van der Waals surface area contributed by atoms with Crippen molar-refractivity contribution in [1.82, 2.24) is 0 Å². The van der Waals surface area contributed by atoms with Crippen LogP contribution < -0.4 is 10.1 Å². The number of carbonyl (C=O) groups excluding carboxylic acids is 1. The number of rotatable bonds is 6. The van der Waals surface area contributed by atoms with Gasteiger partial charge in [-0.25, -0.2) is 4.39 Å². The van der Waals surface area contributed by atoms with E-state index in [1.54, 1.807) is 24.5 Å². The summed E-state index contributed by atoms with van der Waals surface area (Å²) in [6, 6.07) is 16.0. The summed E-state index contributed by atoms with van der Waals surface area (Å²) < 4.78 is 25.0. The molecule has 0 bridgehead atoms. The zero-order valence-corrected chi connectivity index (χ0v) is 19.2. The van der Waals surface area contributed by atoms with Crippen LogP contribution in [0.4, 0.5) is 10.1 Å². The summed E-state index contributed by atoms with van der Waals surface area (Å²) in [5.41, 5.74) is 6.84. The first-order valence-electron chi connectivity index (χ1n) is 10.9. The average Bonchev–Trinajstić information content (AvgIpc) is 3.18. The number of hydrogen-bond acceptors (Lipinski definition) is 3. The van der Waals surface area contributed by atoms with E-state index < -0.39 is 0 Å². The number of anilines is 1. The minimum absolute atomic E-state index is 0.215. The molecule has 0 aliphatic rings. The third-order valence-electron chi connectivity index (χ3n) is 5.54. The first-order valence-corrected chi connectivity index (χ1v) is 10.9. The van der Waals surface area contributed by atoms with E-state index in [1.807, 2.05) is 58.0 Å². The number of fused-ring (bicyclic) bond motifs is 1. The molecule has 0 fully saturated rings. The molecule has 33 heavy (non-hydrogen) atoms. The predicted molar refractivity (Wildman–Crippen MR) is 131 cm³/mol. The number of furan rings is 1. The van der Waals surface area contributed by atoms with Crippen molar-refractivity contribution >= 4 is 28.1 Å². The van der Waals surface area contributed by atoms with Crippen LogP contribution in [0, 0.1) is 19.7 Å². The number of hydrogen-bond donors (Lipinski definition) is 1. The maximum absolute atomic E-state index is 13.4. The van der Waals surface area contributed by atoms with Crippen molar-refractivity contribution in [3.05, 3.63) is 89.4 Å². The van der Waals surface area contributed by atoms with Gasteiger partial charge in [0.15, 0.2) is 0 Å². The third-order valence-corrected chi connectivity index (χ3v) is 5.54. The normalized spacial score (nSPS) is 11.6. The summed E-state index contributed by atoms with van der Waals surface area (Å²) in [6.45, 7) is 8.25. The van der Waals surface area contributed by atoms with E-state index in [-0.39, 0.29) is 11.7 Å². The molecule has 4 aromatic rings. The standard InChI is InChI=1S/C28H26FNO3/c1-5-32-26-15-27-23(24(16-33-27)20-7-9-21(29)10-8-20)14-22(26)18(3)13-28(31)30-25-11-6-17(2)12-19(25)4/h6-16H,5H2,1-4H3,(H,30,31)/b18-13+. The molecule has 168 valence electrons. The number of carbonyl (C=O) groups is 1. The van der Waals surface area contributed by atoms with Crippen molar-refractivity contribution in [1.29, 1.82) is 0 Å². The number of benzene rings is 3. The highest BCUT2D eigenvalue weighted by Gasteiger charge is 2.15. The molecule has 1 heterocycles. The number of ether oxygens (including phenoxy) is 1. The lowest BCUT2D eigenvalue weighted by Gasteiger charge is -2.12. The Kier molecular flexibility index (Phi) is 6.31. The number of nitrogens with one attached hydrogen (secondary N) is 1. The first kappa shape index (κ1) is 22.3. The molecule has 0 radical (unpaired) electrons. The quantitative estimate of drug-likeness (QED) is 0.318. The highest BCUT2D eigenvalue weighted by atomic mass is 19.1. The fourth-order valence-corrected chi connectivity index (χ4v) is 3.89. The maximum Gasteiger partial charge on any atom is 0.248 e. The van der Waals surface area contributed by atoms with E-state index in [9.17, 15) is 9.18 Å². The molecule has 1 N–H and O–H groups in total. The van der Waals surface area contributed by atoms with Crippen LogP contribution in [0.2, 0.25) is 0 Å².